The molecule has 3 aliphatic carbocycles. The molecule has 1 aromatic rings. The third kappa shape index (κ3) is 4.88. The summed E-state index contributed by atoms with van der Waals surface area (Å²) in [6.45, 7) is 9.73. The minimum atomic E-state index is -1.75. The number of hydrogen-bond acceptors (Lipinski definition) is 12. The maximum absolute atomic E-state index is 13.7. The van der Waals surface area contributed by atoms with E-state index in [1.54, 1.807) is 44.2 Å². The minimum absolute atomic E-state index is 0.0324. The van der Waals surface area contributed by atoms with Crippen LogP contribution in [0.25, 0.3) is 0 Å². The molecular formula is C33H42O12. The van der Waals surface area contributed by atoms with E-state index in [0.29, 0.717) is 5.57 Å². The number of ether oxygens (including phenoxy) is 5. The van der Waals surface area contributed by atoms with Gasteiger partial charge in [0.15, 0.2) is 5.60 Å². The zero-order chi connectivity index (χ0) is 33.3. The molecule has 1 saturated heterocycles. The lowest BCUT2D eigenvalue weighted by atomic mass is 9.52. The molecule has 0 bridgehead atoms. The van der Waals surface area contributed by atoms with Crippen molar-refractivity contribution in [1.82, 2.24) is 0 Å². The maximum Gasteiger partial charge on any atom is 0.338 e. The van der Waals surface area contributed by atoms with E-state index < -0.39 is 88.5 Å². The molecule has 1 heterocycles. The zero-order valence-electron chi connectivity index (χ0n) is 26.6. The molecule has 3 fully saturated rings. The number of aliphatic hydroxyl groups is 3. The maximum atomic E-state index is 13.7. The Bertz CT molecular complexity index is 1410. The van der Waals surface area contributed by atoms with Crippen LogP contribution in [0.3, 0.4) is 0 Å². The fraction of sp³-hybridized carbons (Fsp3) is 0.636. The summed E-state index contributed by atoms with van der Waals surface area (Å²) < 4.78 is 30.2. The van der Waals surface area contributed by atoms with Crippen LogP contribution in [0.15, 0.2) is 41.5 Å². The standard InChI is InChI=1S/C33H42O12/c1-16-21(42-17(2)34)14-32(30(5,6)40)24(16)25(38)27(44-29(39)20-11-9-8-10-12-20)31(7)23(43-18(3)35)13-22(37)33(45-19(4)36)15-41-28(32)26(31)33/h8-12,21-23,25-28,37-38,40H,13-15H2,1-7H3/t21-,22+,23+,25-,26+,27-,28+,31-,32+,33+/m1/s1. The Morgan fingerprint density at radius 3 is 2.13 bits per heavy atom. The van der Waals surface area contributed by atoms with Gasteiger partial charge in [-0.25, -0.2) is 4.79 Å². The van der Waals surface area contributed by atoms with Gasteiger partial charge in [0.05, 0.1) is 34.7 Å². The topological polar surface area (TPSA) is 175 Å². The predicted molar refractivity (Wildman–Crippen MR) is 155 cm³/mol. The molecule has 10 atom stereocenters. The van der Waals surface area contributed by atoms with Gasteiger partial charge in [0.1, 0.15) is 30.5 Å². The first kappa shape index (κ1) is 33.1. The molecule has 5 rings (SSSR count). The third-order valence-corrected chi connectivity index (χ3v) is 10.5. The van der Waals surface area contributed by atoms with Crippen LogP contribution in [0.1, 0.15) is 71.7 Å². The second kappa shape index (κ2) is 11.2. The van der Waals surface area contributed by atoms with Gasteiger partial charge in [-0.05, 0) is 44.1 Å². The number of benzene rings is 1. The van der Waals surface area contributed by atoms with E-state index in [1.807, 2.05) is 0 Å². The van der Waals surface area contributed by atoms with Gasteiger partial charge >= 0.3 is 23.9 Å². The normalized spacial score (nSPS) is 38.8. The highest BCUT2D eigenvalue weighted by molar-refractivity contribution is 5.89. The molecule has 0 spiro atoms. The van der Waals surface area contributed by atoms with Crippen molar-refractivity contribution in [2.45, 2.75) is 109 Å². The molecule has 2 saturated carbocycles. The van der Waals surface area contributed by atoms with Crippen molar-refractivity contribution in [3.63, 3.8) is 0 Å². The molecule has 0 amide bonds. The number of esters is 4. The Morgan fingerprint density at radius 1 is 0.956 bits per heavy atom. The fourth-order valence-electron chi connectivity index (χ4n) is 8.81. The van der Waals surface area contributed by atoms with E-state index >= 15 is 0 Å². The molecule has 0 unspecified atom stereocenters. The van der Waals surface area contributed by atoms with E-state index in [-0.39, 0.29) is 30.6 Å². The Balaban J connectivity index is 1.84. The Morgan fingerprint density at radius 2 is 1.58 bits per heavy atom. The first-order chi connectivity index (χ1) is 20.9. The Kier molecular flexibility index (Phi) is 8.21. The molecular weight excluding hydrogens is 588 g/mol. The highest BCUT2D eigenvalue weighted by atomic mass is 16.6. The van der Waals surface area contributed by atoms with Gasteiger partial charge in [0.25, 0.3) is 0 Å². The summed E-state index contributed by atoms with van der Waals surface area (Å²) in [4.78, 5) is 51.1. The smallest absolute Gasteiger partial charge is 0.338 e. The van der Waals surface area contributed by atoms with Crippen LogP contribution in [-0.4, -0.2) is 93.6 Å². The summed E-state index contributed by atoms with van der Waals surface area (Å²) >= 11 is 0. The van der Waals surface area contributed by atoms with Gasteiger partial charge < -0.3 is 39.0 Å². The SMILES string of the molecule is CC(=O)O[C@H]1C[C@H](O)[C@@]2(OC(C)=O)CO[C@H]3[C@H]2[C@]1(C)[C@H](OC(=O)c1ccccc1)[C@H](O)C1=C(C)[C@H](OC(C)=O)C[C@]13C(C)(C)O. The Hall–Kier alpha value is -3.32. The van der Waals surface area contributed by atoms with E-state index in [0.717, 1.165) is 0 Å². The summed E-state index contributed by atoms with van der Waals surface area (Å²) in [5, 5.41) is 36.3. The second-order valence-electron chi connectivity index (χ2n) is 13.5. The molecule has 1 aliphatic heterocycles. The number of rotatable bonds is 6. The molecule has 12 nitrogen and oxygen atoms in total. The largest absolute Gasteiger partial charge is 0.462 e. The van der Waals surface area contributed by atoms with Crippen molar-refractivity contribution in [3.8, 4) is 0 Å². The van der Waals surface area contributed by atoms with Gasteiger partial charge in [-0.2, -0.15) is 0 Å². The predicted octanol–water partition coefficient (Wildman–Crippen LogP) is 2.02. The molecule has 3 N–H and O–H groups in total. The van der Waals surface area contributed by atoms with Gasteiger partial charge in [0, 0.05) is 39.5 Å². The average molecular weight is 631 g/mol. The summed E-state index contributed by atoms with van der Waals surface area (Å²) in [6, 6.07) is 8.12. The van der Waals surface area contributed by atoms with E-state index in [1.165, 1.54) is 34.6 Å². The van der Waals surface area contributed by atoms with Gasteiger partial charge in [-0.3, -0.25) is 14.4 Å². The molecule has 0 aromatic heterocycles. The van der Waals surface area contributed by atoms with Gasteiger partial charge in [0.2, 0.25) is 0 Å². The van der Waals surface area contributed by atoms with Crippen molar-refractivity contribution in [3.05, 3.63) is 47.0 Å². The molecule has 246 valence electrons. The van der Waals surface area contributed by atoms with E-state index in [4.69, 9.17) is 23.7 Å². The summed E-state index contributed by atoms with van der Waals surface area (Å²) in [5.41, 5.74) is -5.65. The van der Waals surface area contributed by atoms with Crippen LogP contribution in [0, 0.1) is 16.7 Å². The fourth-order valence-corrected chi connectivity index (χ4v) is 8.81. The number of carbonyl (C=O) groups is 4. The van der Waals surface area contributed by atoms with Gasteiger partial charge in [-0.1, -0.05) is 25.1 Å². The molecule has 12 heteroatoms. The van der Waals surface area contributed by atoms with Crippen LogP contribution in [-0.2, 0) is 38.1 Å². The Labute approximate surface area is 261 Å². The summed E-state index contributed by atoms with van der Waals surface area (Å²) in [6.07, 6.45) is -7.97. The lowest BCUT2D eigenvalue weighted by Gasteiger charge is -2.57. The lowest BCUT2D eigenvalue weighted by Crippen LogP contribution is -2.70. The highest BCUT2D eigenvalue weighted by Crippen LogP contribution is 2.69. The monoisotopic (exact) mass is 630 g/mol. The summed E-state index contributed by atoms with van der Waals surface area (Å²) in [7, 11) is 0. The van der Waals surface area contributed by atoms with Crippen LogP contribution >= 0.6 is 0 Å². The number of hydrogen-bond donors (Lipinski definition) is 3. The average Bonchev–Trinajstić information content (AvgIpc) is 3.44. The number of fused-ring (bicyclic) bond motifs is 2. The van der Waals surface area contributed by atoms with Crippen molar-refractivity contribution in [2.24, 2.45) is 16.7 Å². The summed E-state index contributed by atoms with van der Waals surface area (Å²) in [5.74, 6) is -3.89. The highest BCUT2D eigenvalue weighted by Gasteiger charge is 2.80. The van der Waals surface area contributed by atoms with E-state index in [2.05, 4.69) is 0 Å². The van der Waals surface area contributed by atoms with Crippen LogP contribution in [0.5, 0.6) is 0 Å². The first-order valence-electron chi connectivity index (χ1n) is 15.1. The molecule has 0 radical (unpaired) electrons. The zero-order valence-corrected chi connectivity index (χ0v) is 26.6. The van der Waals surface area contributed by atoms with Crippen molar-refractivity contribution >= 4 is 23.9 Å². The van der Waals surface area contributed by atoms with Crippen molar-refractivity contribution in [1.29, 1.82) is 0 Å². The third-order valence-electron chi connectivity index (χ3n) is 10.5. The van der Waals surface area contributed by atoms with Crippen molar-refractivity contribution < 1.29 is 58.2 Å². The van der Waals surface area contributed by atoms with E-state index in [9.17, 15) is 34.5 Å². The van der Waals surface area contributed by atoms with Crippen LogP contribution < -0.4 is 0 Å². The van der Waals surface area contributed by atoms with Gasteiger partial charge in [-0.15, -0.1) is 0 Å². The van der Waals surface area contributed by atoms with Crippen LogP contribution in [0.2, 0.25) is 0 Å². The first-order valence-corrected chi connectivity index (χ1v) is 15.1. The number of aliphatic hydroxyl groups excluding tert-OH is 2. The molecule has 45 heavy (non-hydrogen) atoms. The molecule has 4 aliphatic rings. The minimum Gasteiger partial charge on any atom is -0.462 e. The lowest BCUT2D eigenvalue weighted by molar-refractivity contribution is -0.252. The quantitative estimate of drug-likeness (QED) is 0.237. The molecule has 1 aromatic carbocycles. The van der Waals surface area contributed by atoms with Crippen molar-refractivity contribution in [2.75, 3.05) is 6.61 Å². The second-order valence-corrected chi connectivity index (χ2v) is 13.5. The number of carbonyl (C=O) groups excluding carboxylic acids is 4. The van der Waals surface area contributed by atoms with Crippen LogP contribution in [0.4, 0.5) is 0 Å².